The zero-order chi connectivity index (χ0) is 34.9. The van der Waals surface area contributed by atoms with Gasteiger partial charge in [-0.15, -0.1) is 0 Å². The summed E-state index contributed by atoms with van der Waals surface area (Å²) in [4.78, 5) is 44.6. The maximum absolute atomic E-state index is 14.5. The zero-order valence-electron chi connectivity index (χ0n) is 28.5. The molecule has 258 valence electrons. The van der Waals surface area contributed by atoms with Crippen LogP contribution in [0.2, 0.25) is 5.02 Å². The molecule has 0 radical (unpaired) electrons. The maximum Gasteiger partial charge on any atom is 0.275 e. The van der Waals surface area contributed by atoms with Gasteiger partial charge >= 0.3 is 0 Å². The molecule has 0 saturated carbocycles. The molecule has 0 aliphatic carbocycles. The van der Waals surface area contributed by atoms with Gasteiger partial charge in [-0.1, -0.05) is 92.9 Å². The first-order chi connectivity index (χ1) is 23.7. The quantitative estimate of drug-likeness (QED) is 0.151. The highest BCUT2D eigenvalue weighted by atomic mass is 35.5. The molecule has 2 heterocycles. The molecular weight excluding hydrogens is 640 g/mol. The number of aromatic nitrogens is 2. The third-order valence-electron chi connectivity index (χ3n) is 8.99. The second-order valence-corrected chi connectivity index (χ2v) is 12.9. The molecule has 0 spiro atoms. The second kappa shape index (κ2) is 16.8. The van der Waals surface area contributed by atoms with Crippen LogP contribution >= 0.6 is 11.6 Å². The Morgan fingerprint density at radius 3 is 2.31 bits per heavy atom. The predicted molar refractivity (Wildman–Crippen MR) is 191 cm³/mol. The lowest BCUT2D eigenvalue weighted by atomic mass is 9.93. The van der Waals surface area contributed by atoms with Gasteiger partial charge < -0.3 is 19.6 Å². The van der Waals surface area contributed by atoms with Crippen LogP contribution in [-0.4, -0.2) is 74.6 Å². The minimum atomic E-state index is -0.447. The van der Waals surface area contributed by atoms with Gasteiger partial charge in [-0.2, -0.15) is 5.10 Å². The molecule has 1 atom stereocenters. The topological polar surface area (TPSA) is 105 Å². The van der Waals surface area contributed by atoms with Crippen molar-refractivity contribution in [1.29, 1.82) is 0 Å². The van der Waals surface area contributed by atoms with Crippen molar-refractivity contribution < 1.29 is 24.2 Å². The first-order valence-electron chi connectivity index (χ1n) is 17.1. The van der Waals surface area contributed by atoms with Crippen molar-refractivity contribution >= 4 is 29.2 Å². The largest absolute Gasteiger partial charge is 0.486 e. The van der Waals surface area contributed by atoms with Crippen LogP contribution in [-0.2, 0) is 24.2 Å². The summed E-state index contributed by atoms with van der Waals surface area (Å²) >= 11 is 6.81. The van der Waals surface area contributed by atoms with E-state index in [9.17, 15) is 19.5 Å². The van der Waals surface area contributed by atoms with Crippen molar-refractivity contribution in [2.75, 3.05) is 26.3 Å². The van der Waals surface area contributed by atoms with Gasteiger partial charge in [-0.3, -0.25) is 14.4 Å². The lowest BCUT2D eigenvalue weighted by Crippen LogP contribution is -2.46. The number of amides is 2. The van der Waals surface area contributed by atoms with Gasteiger partial charge in [0.2, 0.25) is 0 Å². The van der Waals surface area contributed by atoms with Crippen molar-refractivity contribution in [1.82, 2.24) is 19.6 Å². The van der Waals surface area contributed by atoms with Crippen LogP contribution in [0.4, 0.5) is 0 Å². The monoisotopic (exact) mass is 684 g/mol. The molecule has 1 aliphatic heterocycles. The molecular formula is C39H45ClN4O5. The van der Waals surface area contributed by atoms with Crippen LogP contribution in [0.5, 0.6) is 5.75 Å². The van der Waals surface area contributed by atoms with E-state index in [1.165, 1.54) is 4.68 Å². The fourth-order valence-corrected chi connectivity index (χ4v) is 6.36. The molecule has 1 aliphatic rings. The lowest BCUT2D eigenvalue weighted by Gasteiger charge is -2.36. The molecule has 3 aromatic carbocycles. The van der Waals surface area contributed by atoms with Gasteiger partial charge in [0.1, 0.15) is 12.4 Å². The van der Waals surface area contributed by atoms with E-state index in [0.717, 1.165) is 42.4 Å². The lowest BCUT2D eigenvalue weighted by molar-refractivity contribution is -0.120. The summed E-state index contributed by atoms with van der Waals surface area (Å²) in [5.41, 5.74) is 4.30. The Morgan fingerprint density at radius 1 is 0.959 bits per heavy atom. The zero-order valence-corrected chi connectivity index (χ0v) is 29.3. The average Bonchev–Trinajstić information content (AvgIpc) is 3.42. The molecule has 10 heteroatoms. The number of ketones is 1. The Morgan fingerprint density at radius 2 is 1.63 bits per heavy atom. The van der Waals surface area contributed by atoms with Crippen LogP contribution in [0.3, 0.4) is 0 Å². The van der Waals surface area contributed by atoms with E-state index in [1.54, 1.807) is 34.9 Å². The van der Waals surface area contributed by atoms with Gasteiger partial charge in [0.15, 0.2) is 11.5 Å². The third-order valence-corrected chi connectivity index (χ3v) is 9.45. The summed E-state index contributed by atoms with van der Waals surface area (Å²) in [7, 11) is 0. The van der Waals surface area contributed by atoms with Crippen molar-refractivity contribution in [3.63, 3.8) is 0 Å². The number of aliphatic hydroxyl groups is 1. The van der Waals surface area contributed by atoms with Gasteiger partial charge in [-0.25, -0.2) is 4.68 Å². The molecule has 4 aromatic rings. The number of benzene rings is 3. The Balaban J connectivity index is 1.51. The molecule has 0 saturated heterocycles. The summed E-state index contributed by atoms with van der Waals surface area (Å²) in [5.74, 6) is -0.351. The van der Waals surface area contributed by atoms with Crippen molar-refractivity contribution in [3.05, 3.63) is 111 Å². The Labute approximate surface area is 293 Å². The van der Waals surface area contributed by atoms with Gasteiger partial charge in [0.05, 0.1) is 34.6 Å². The minimum Gasteiger partial charge on any atom is -0.486 e. The minimum absolute atomic E-state index is 0.107. The number of Topliss-reactive ketones (excluding diaryl/α,β-unsaturated/α-hetero) is 1. The molecule has 1 N–H and O–H groups in total. The summed E-state index contributed by atoms with van der Waals surface area (Å²) < 4.78 is 7.47. The fraction of sp³-hybridized carbons (Fsp3) is 0.385. The van der Waals surface area contributed by atoms with Crippen LogP contribution in [0.1, 0.15) is 82.8 Å². The Hall–Kier alpha value is -4.47. The van der Waals surface area contributed by atoms with Crippen LogP contribution in [0.15, 0.2) is 72.8 Å². The highest BCUT2D eigenvalue weighted by Gasteiger charge is 2.33. The first kappa shape index (κ1) is 35.8. The second-order valence-electron chi connectivity index (χ2n) is 12.6. The molecule has 5 rings (SSSR count). The highest BCUT2D eigenvalue weighted by molar-refractivity contribution is 6.34. The van der Waals surface area contributed by atoms with Gasteiger partial charge in [-0.05, 0) is 61.1 Å². The molecule has 9 nitrogen and oxygen atoms in total. The van der Waals surface area contributed by atoms with E-state index >= 15 is 0 Å². The van der Waals surface area contributed by atoms with Crippen LogP contribution in [0.25, 0.3) is 5.69 Å². The number of carbonyl (C=O) groups excluding carboxylic acids is 3. The van der Waals surface area contributed by atoms with E-state index in [-0.39, 0.29) is 53.5 Å². The first-order valence-corrected chi connectivity index (χ1v) is 17.5. The van der Waals surface area contributed by atoms with Crippen molar-refractivity contribution in [2.45, 2.75) is 71.9 Å². The third kappa shape index (κ3) is 8.40. The van der Waals surface area contributed by atoms with E-state index < -0.39 is 6.04 Å². The van der Waals surface area contributed by atoms with E-state index in [1.807, 2.05) is 54.6 Å². The summed E-state index contributed by atoms with van der Waals surface area (Å²) in [6.07, 6.45) is 4.37. The number of hydrogen-bond donors (Lipinski definition) is 1. The standard InChI is InChI=1S/C39H45ClN4O5/c1-4-6-19-42(20-7-5-2)39(48)37-36(40)27(3)44(41-37)35-18-17-33(49-26-32(46)21-28-13-9-8-10-14-28)23-34(35)38(47)43-24-30-16-12-11-15-29(30)22-31(43)25-45/h8-18,23,31,45H,4-7,19-22,24-26H2,1-3H3/t31-/m0/s1. The molecule has 2 amide bonds. The number of unbranched alkanes of at least 4 members (excludes halogenated alkanes) is 2. The Bertz CT molecular complexity index is 1760. The van der Waals surface area contributed by atoms with Crippen molar-refractivity contribution in [3.8, 4) is 11.4 Å². The normalized spacial score (nSPS) is 14.0. The van der Waals surface area contributed by atoms with E-state index in [2.05, 4.69) is 13.8 Å². The Kier molecular flexibility index (Phi) is 12.3. The smallest absolute Gasteiger partial charge is 0.275 e. The number of carbonyl (C=O) groups is 3. The summed E-state index contributed by atoms with van der Waals surface area (Å²) in [6, 6.07) is 21.9. The molecule has 0 bridgehead atoms. The molecule has 1 aromatic heterocycles. The predicted octanol–water partition coefficient (Wildman–Crippen LogP) is 6.63. The highest BCUT2D eigenvalue weighted by Crippen LogP contribution is 2.31. The number of aliphatic hydroxyl groups excluding tert-OH is 1. The molecule has 0 fully saturated rings. The molecule has 49 heavy (non-hydrogen) atoms. The van der Waals surface area contributed by atoms with E-state index in [0.29, 0.717) is 43.2 Å². The number of nitrogens with zero attached hydrogens (tertiary/aromatic N) is 4. The summed E-state index contributed by atoms with van der Waals surface area (Å²) in [5, 5.41) is 15.3. The van der Waals surface area contributed by atoms with Gasteiger partial charge in [0, 0.05) is 26.1 Å². The van der Waals surface area contributed by atoms with Gasteiger partial charge in [0.25, 0.3) is 11.8 Å². The number of hydrogen-bond acceptors (Lipinski definition) is 6. The maximum atomic E-state index is 14.5. The SMILES string of the molecule is CCCCN(CCCC)C(=O)c1nn(-c2ccc(OCC(=O)Cc3ccccc3)cc2C(=O)N2Cc3ccccc3C[C@H]2CO)c(C)c1Cl. The van der Waals surface area contributed by atoms with Crippen LogP contribution < -0.4 is 4.74 Å². The number of halogens is 1. The summed E-state index contributed by atoms with van der Waals surface area (Å²) in [6.45, 7) is 7.08. The number of fused-ring (bicyclic) bond motifs is 1. The van der Waals surface area contributed by atoms with Crippen LogP contribution in [0, 0.1) is 6.92 Å². The number of rotatable bonds is 15. The van der Waals surface area contributed by atoms with Crippen molar-refractivity contribution in [2.24, 2.45) is 0 Å². The van der Waals surface area contributed by atoms with E-state index in [4.69, 9.17) is 21.4 Å². The fourth-order valence-electron chi connectivity index (χ4n) is 6.16. The number of ether oxygens (including phenoxy) is 1. The molecule has 0 unspecified atom stereocenters. The average molecular weight is 685 g/mol.